The third-order valence-electron chi connectivity index (χ3n) is 3.52. The lowest BCUT2D eigenvalue weighted by atomic mass is 10.1. The van der Waals surface area contributed by atoms with Gasteiger partial charge in [-0.15, -0.1) is 11.6 Å². The van der Waals surface area contributed by atoms with E-state index in [2.05, 4.69) is 30.0 Å². The maximum atomic E-state index is 5.97. The number of anilines is 1. The van der Waals surface area contributed by atoms with Crippen molar-refractivity contribution < 1.29 is 4.48 Å². The van der Waals surface area contributed by atoms with Gasteiger partial charge in [-0.1, -0.05) is 0 Å². The van der Waals surface area contributed by atoms with Crippen LogP contribution in [0.3, 0.4) is 0 Å². The summed E-state index contributed by atoms with van der Waals surface area (Å²) in [5, 5.41) is 0. The van der Waals surface area contributed by atoms with E-state index in [-0.39, 0.29) is 0 Å². The maximum Gasteiger partial charge on any atom is 0.160 e. The summed E-state index contributed by atoms with van der Waals surface area (Å²) >= 11 is 5.97. The van der Waals surface area contributed by atoms with Gasteiger partial charge in [-0.05, 0) is 18.2 Å². The van der Waals surface area contributed by atoms with E-state index in [4.69, 9.17) is 17.3 Å². The first-order valence-electron chi connectivity index (χ1n) is 6.59. The van der Waals surface area contributed by atoms with E-state index >= 15 is 0 Å². The number of hydrogen-bond donors (Lipinski definition) is 1. The summed E-state index contributed by atoms with van der Waals surface area (Å²) in [6.45, 7) is 0.863. The zero-order valence-electron chi connectivity index (χ0n) is 12.5. The zero-order valence-corrected chi connectivity index (χ0v) is 13.3. The average Bonchev–Trinajstić information content (AvgIpc) is 2.40. The topological polar surface area (TPSA) is 42.2 Å². The number of aromatic nitrogens is 1. The van der Waals surface area contributed by atoms with Crippen LogP contribution >= 0.6 is 11.6 Å². The van der Waals surface area contributed by atoms with Crippen molar-refractivity contribution in [3.05, 3.63) is 41.4 Å². The Kier molecular flexibility index (Phi) is 4.06. The van der Waals surface area contributed by atoms with Crippen molar-refractivity contribution in [2.24, 2.45) is 5.73 Å². The number of hydrogen-bond acceptors (Lipinski definition) is 3. The Morgan fingerprint density at radius 3 is 2.65 bits per heavy atom. The summed E-state index contributed by atoms with van der Waals surface area (Å²) in [4.78, 5) is 6.72. The number of likely N-dealkylation sites (N-methyl/N-ethyl adjacent to an activating group) is 1. The lowest BCUT2D eigenvalue weighted by Crippen LogP contribution is -2.40. The molecule has 0 amide bonds. The highest BCUT2D eigenvalue weighted by molar-refractivity contribution is 6.16. The third kappa shape index (κ3) is 2.97. The van der Waals surface area contributed by atoms with E-state index in [9.17, 15) is 0 Å². The summed E-state index contributed by atoms with van der Waals surface area (Å²) < 4.78 is 0.728. The van der Waals surface area contributed by atoms with E-state index in [1.807, 2.05) is 32.3 Å². The van der Waals surface area contributed by atoms with Gasteiger partial charge in [0.05, 0.1) is 25.7 Å². The Morgan fingerprint density at radius 1 is 1.35 bits per heavy atom. The van der Waals surface area contributed by atoms with Crippen molar-refractivity contribution >= 4 is 23.0 Å². The van der Waals surface area contributed by atoms with E-state index in [0.717, 1.165) is 39.5 Å². The minimum Gasteiger partial charge on any atom is -0.399 e. The van der Waals surface area contributed by atoms with Gasteiger partial charge in [-0.25, -0.2) is 4.98 Å². The Bertz CT molecular complexity index is 573. The number of nitrogens with two attached hydrogens (primary N) is 1. The van der Waals surface area contributed by atoms with Crippen molar-refractivity contribution in [2.45, 2.75) is 5.88 Å². The second-order valence-corrected chi connectivity index (χ2v) is 6.10. The molecule has 108 valence electrons. The van der Waals surface area contributed by atoms with Crippen LogP contribution in [0.25, 0.3) is 5.70 Å². The van der Waals surface area contributed by atoms with Crippen molar-refractivity contribution in [1.29, 1.82) is 0 Å². The van der Waals surface area contributed by atoms with Crippen LogP contribution in [0.1, 0.15) is 11.4 Å². The number of rotatable bonds is 3. The molecule has 2 rings (SSSR count). The molecule has 1 aromatic heterocycles. The first-order valence-corrected chi connectivity index (χ1v) is 7.12. The molecule has 0 bridgehead atoms. The van der Waals surface area contributed by atoms with Gasteiger partial charge in [-0.2, -0.15) is 0 Å². The predicted octanol–water partition coefficient (Wildman–Crippen LogP) is 2.16. The molecule has 0 aromatic carbocycles. The molecule has 4 nitrogen and oxygen atoms in total. The fourth-order valence-corrected chi connectivity index (χ4v) is 2.37. The van der Waals surface area contributed by atoms with E-state index in [0.29, 0.717) is 5.88 Å². The second-order valence-electron chi connectivity index (χ2n) is 5.83. The van der Waals surface area contributed by atoms with Gasteiger partial charge in [0, 0.05) is 31.6 Å². The molecular formula is C15H22ClN4+. The quantitative estimate of drug-likeness (QED) is 0.686. The second kappa shape index (κ2) is 5.46. The van der Waals surface area contributed by atoms with Gasteiger partial charge in [0.1, 0.15) is 12.2 Å². The van der Waals surface area contributed by atoms with Crippen LogP contribution < -0.4 is 10.6 Å². The van der Waals surface area contributed by atoms with Crippen LogP contribution in [0.4, 0.5) is 5.69 Å². The average molecular weight is 294 g/mol. The van der Waals surface area contributed by atoms with Crippen LogP contribution in [0.15, 0.2) is 30.0 Å². The minimum atomic E-state index is 0.403. The minimum absolute atomic E-state index is 0.403. The summed E-state index contributed by atoms with van der Waals surface area (Å²) in [5.74, 6) is 0.403. The molecule has 1 aliphatic rings. The molecule has 0 fully saturated rings. The summed E-state index contributed by atoms with van der Waals surface area (Å²) in [6.07, 6.45) is 4.05. The molecule has 20 heavy (non-hydrogen) atoms. The number of halogens is 1. The van der Waals surface area contributed by atoms with Crippen LogP contribution in [-0.4, -0.2) is 44.2 Å². The van der Waals surface area contributed by atoms with Crippen LogP contribution in [0, 0.1) is 0 Å². The normalized spacial score (nSPS) is 17.4. The number of nitrogens with zero attached hydrogens (tertiary/aromatic N) is 3. The predicted molar refractivity (Wildman–Crippen MR) is 85.3 cm³/mol. The van der Waals surface area contributed by atoms with Crippen LogP contribution in [0.5, 0.6) is 0 Å². The summed E-state index contributed by atoms with van der Waals surface area (Å²) in [7, 11) is 8.33. The standard InChI is InChI=1S/C15H22ClN4/c1-19(2)13-8-12(10-16)18-14(9-13)15-7-11(17)5-6-20(15,3)4/h5,7-9H,6,10,17H2,1-4H3/q+1. The SMILES string of the molecule is CN(C)c1cc(CCl)nc(C2=CC(N)=CC[N+]2(C)C)c1. The molecule has 0 unspecified atom stereocenters. The smallest absolute Gasteiger partial charge is 0.160 e. The highest BCUT2D eigenvalue weighted by Gasteiger charge is 2.27. The zero-order chi connectivity index (χ0) is 14.9. The lowest BCUT2D eigenvalue weighted by molar-refractivity contribution is -0.812. The molecule has 2 heterocycles. The fraction of sp³-hybridized carbons (Fsp3) is 0.400. The molecule has 5 heteroatoms. The lowest BCUT2D eigenvalue weighted by Gasteiger charge is -2.33. The Morgan fingerprint density at radius 2 is 2.05 bits per heavy atom. The first kappa shape index (κ1) is 14.9. The molecule has 0 atom stereocenters. The Balaban J connectivity index is 2.56. The molecule has 0 aliphatic carbocycles. The number of quaternary nitrogens is 1. The molecule has 1 aliphatic heterocycles. The molecule has 0 saturated carbocycles. The number of allylic oxidation sites excluding steroid dienone is 1. The number of alkyl halides is 1. The first-order chi connectivity index (χ1) is 9.33. The molecule has 0 radical (unpaired) electrons. The van der Waals surface area contributed by atoms with E-state index < -0.39 is 0 Å². The van der Waals surface area contributed by atoms with E-state index in [1.165, 1.54) is 0 Å². The molecule has 0 saturated heterocycles. The molecule has 0 spiro atoms. The van der Waals surface area contributed by atoms with Crippen molar-refractivity contribution in [3.63, 3.8) is 0 Å². The molecule has 2 N–H and O–H groups in total. The van der Waals surface area contributed by atoms with Gasteiger partial charge in [0.25, 0.3) is 0 Å². The van der Waals surface area contributed by atoms with Gasteiger partial charge in [0.15, 0.2) is 5.70 Å². The third-order valence-corrected chi connectivity index (χ3v) is 3.79. The van der Waals surface area contributed by atoms with Crippen molar-refractivity contribution in [1.82, 2.24) is 4.98 Å². The van der Waals surface area contributed by atoms with Crippen LogP contribution in [-0.2, 0) is 5.88 Å². The fourth-order valence-electron chi connectivity index (χ4n) is 2.24. The van der Waals surface area contributed by atoms with Gasteiger partial charge in [0.2, 0.25) is 0 Å². The van der Waals surface area contributed by atoms with Gasteiger partial charge in [-0.3, -0.25) is 4.48 Å². The summed E-state index contributed by atoms with van der Waals surface area (Å²) in [5.41, 5.74) is 10.8. The molecular weight excluding hydrogens is 272 g/mol. The maximum absolute atomic E-state index is 5.97. The summed E-state index contributed by atoms with van der Waals surface area (Å²) in [6, 6.07) is 4.10. The Hall–Kier alpha value is -1.52. The largest absolute Gasteiger partial charge is 0.399 e. The van der Waals surface area contributed by atoms with Crippen LogP contribution in [0.2, 0.25) is 0 Å². The number of pyridine rings is 1. The van der Waals surface area contributed by atoms with Gasteiger partial charge >= 0.3 is 0 Å². The van der Waals surface area contributed by atoms with Gasteiger partial charge < -0.3 is 10.6 Å². The van der Waals surface area contributed by atoms with Crippen molar-refractivity contribution in [3.8, 4) is 0 Å². The Labute approximate surface area is 125 Å². The van der Waals surface area contributed by atoms with Crippen molar-refractivity contribution in [2.75, 3.05) is 39.6 Å². The monoisotopic (exact) mass is 293 g/mol. The van der Waals surface area contributed by atoms with E-state index in [1.54, 1.807) is 0 Å². The highest BCUT2D eigenvalue weighted by atomic mass is 35.5. The highest BCUT2D eigenvalue weighted by Crippen LogP contribution is 2.29. The molecule has 1 aromatic rings.